The molecular formula is C19H21ClN4O4. The van der Waals surface area contributed by atoms with Gasteiger partial charge in [0.25, 0.3) is 5.91 Å². The summed E-state index contributed by atoms with van der Waals surface area (Å²) in [7, 11) is 1.44. The molecule has 1 aromatic rings. The highest BCUT2D eigenvalue weighted by Gasteiger charge is 2.36. The predicted molar refractivity (Wildman–Crippen MR) is 101 cm³/mol. The van der Waals surface area contributed by atoms with Crippen LogP contribution in [-0.2, 0) is 14.4 Å². The van der Waals surface area contributed by atoms with Gasteiger partial charge in [0.1, 0.15) is 18.4 Å². The van der Waals surface area contributed by atoms with E-state index in [9.17, 15) is 19.2 Å². The molecule has 28 heavy (non-hydrogen) atoms. The monoisotopic (exact) mass is 404 g/mol. The Balaban J connectivity index is 1.93. The van der Waals surface area contributed by atoms with Crippen molar-refractivity contribution in [1.29, 1.82) is 5.26 Å². The molecule has 148 valence electrons. The Morgan fingerprint density at radius 2 is 2.04 bits per heavy atom. The molecule has 0 saturated carbocycles. The molecule has 0 aliphatic carbocycles. The SMILES string of the molecule is CC(NC(=O)c1ccc(Cl)cc1)C(=O)N(C)CC(=O)N1CC(C=O)CC1C#N. The topological polar surface area (TPSA) is 111 Å². The fourth-order valence-electron chi connectivity index (χ4n) is 3.01. The van der Waals surface area contributed by atoms with Crippen molar-refractivity contribution in [2.24, 2.45) is 5.92 Å². The van der Waals surface area contributed by atoms with E-state index in [1.807, 2.05) is 6.07 Å². The summed E-state index contributed by atoms with van der Waals surface area (Å²) in [6.07, 6.45) is 1.04. The molecule has 3 unspecified atom stereocenters. The highest BCUT2D eigenvalue weighted by atomic mass is 35.5. The number of nitriles is 1. The van der Waals surface area contributed by atoms with Crippen molar-refractivity contribution in [3.63, 3.8) is 0 Å². The van der Waals surface area contributed by atoms with Gasteiger partial charge in [-0.25, -0.2) is 0 Å². The standard InChI is InChI=1S/C19H21ClN4O4/c1-12(22-18(27)14-3-5-15(20)6-4-14)19(28)23(2)10-17(26)24-9-13(11-25)7-16(24)8-21/h3-6,11-13,16H,7,9-10H2,1-2H3,(H,22,27). The van der Waals surface area contributed by atoms with Crippen LogP contribution in [0.4, 0.5) is 0 Å². The lowest BCUT2D eigenvalue weighted by Gasteiger charge is -2.25. The Bertz CT molecular complexity index is 805. The van der Waals surface area contributed by atoms with E-state index in [1.165, 1.54) is 23.8 Å². The second kappa shape index (κ2) is 9.33. The zero-order chi connectivity index (χ0) is 20.8. The Hall–Kier alpha value is -2.92. The molecule has 3 atom stereocenters. The number of amides is 3. The molecule has 0 spiro atoms. The normalized spacial score (nSPS) is 19.4. The Morgan fingerprint density at radius 3 is 2.61 bits per heavy atom. The van der Waals surface area contributed by atoms with Gasteiger partial charge in [-0.15, -0.1) is 0 Å². The van der Waals surface area contributed by atoms with Crippen molar-refractivity contribution < 1.29 is 19.2 Å². The summed E-state index contributed by atoms with van der Waals surface area (Å²) < 4.78 is 0. The molecule has 1 aromatic carbocycles. The largest absolute Gasteiger partial charge is 0.341 e. The number of rotatable bonds is 6. The van der Waals surface area contributed by atoms with Gasteiger partial charge < -0.3 is 19.9 Å². The lowest BCUT2D eigenvalue weighted by Crippen LogP contribution is -2.49. The van der Waals surface area contributed by atoms with Crippen molar-refractivity contribution >= 4 is 35.6 Å². The van der Waals surface area contributed by atoms with Gasteiger partial charge in [-0.2, -0.15) is 5.26 Å². The van der Waals surface area contributed by atoms with Crippen molar-refractivity contribution in [3.8, 4) is 6.07 Å². The summed E-state index contributed by atoms with van der Waals surface area (Å²) >= 11 is 5.79. The summed E-state index contributed by atoms with van der Waals surface area (Å²) in [4.78, 5) is 50.6. The number of carbonyl (C=O) groups excluding carboxylic acids is 4. The van der Waals surface area contributed by atoms with E-state index in [2.05, 4.69) is 5.32 Å². The smallest absolute Gasteiger partial charge is 0.251 e. The van der Waals surface area contributed by atoms with Crippen LogP contribution < -0.4 is 5.32 Å². The predicted octanol–water partition coefficient (Wildman–Crippen LogP) is 0.856. The highest BCUT2D eigenvalue weighted by molar-refractivity contribution is 6.30. The number of hydrogen-bond acceptors (Lipinski definition) is 5. The van der Waals surface area contributed by atoms with Crippen LogP contribution in [-0.4, -0.2) is 66.0 Å². The molecule has 0 radical (unpaired) electrons. The summed E-state index contributed by atoms with van der Waals surface area (Å²) in [6.45, 7) is 1.45. The first-order valence-electron chi connectivity index (χ1n) is 8.72. The molecule has 0 aromatic heterocycles. The summed E-state index contributed by atoms with van der Waals surface area (Å²) in [5, 5.41) is 12.2. The summed E-state index contributed by atoms with van der Waals surface area (Å²) in [5.41, 5.74) is 0.358. The van der Waals surface area contributed by atoms with Gasteiger partial charge in [0, 0.05) is 30.1 Å². The number of benzene rings is 1. The molecule has 1 aliphatic heterocycles. The maximum absolute atomic E-state index is 12.5. The lowest BCUT2D eigenvalue weighted by molar-refractivity contribution is -0.140. The van der Waals surface area contributed by atoms with Crippen molar-refractivity contribution in [2.45, 2.75) is 25.4 Å². The molecule has 1 heterocycles. The van der Waals surface area contributed by atoms with Gasteiger partial charge in [0.05, 0.1) is 12.6 Å². The Morgan fingerprint density at radius 1 is 1.39 bits per heavy atom. The maximum Gasteiger partial charge on any atom is 0.251 e. The van der Waals surface area contributed by atoms with Crippen molar-refractivity contribution in [2.75, 3.05) is 20.1 Å². The maximum atomic E-state index is 12.5. The molecule has 1 N–H and O–H groups in total. The molecule has 1 saturated heterocycles. The average Bonchev–Trinajstić information content (AvgIpc) is 3.11. The van der Waals surface area contributed by atoms with Gasteiger partial charge in [-0.05, 0) is 37.6 Å². The third kappa shape index (κ3) is 5.08. The molecule has 1 aliphatic rings. The number of nitrogens with one attached hydrogen (secondary N) is 1. The van der Waals surface area contributed by atoms with Gasteiger partial charge in [0.15, 0.2) is 0 Å². The van der Waals surface area contributed by atoms with Crippen molar-refractivity contribution in [3.05, 3.63) is 34.9 Å². The molecule has 2 rings (SSSR count). The second-order valence-electron chi connectivity index (χ2n) is 6.72. The molecule has 9 heteroatoms. The van der Waals surface area contributed by atoms with E-state index in [0.717, 1.165) is 6.29 Å². The fourth-order valence-corrected chi connectivity index (χ4v) is 3.14. The van der Waals surface area contributed by atoms with Crippen LogP contribution in [0, 0.1) is 17.2 Å². The van der Waals surface area contributed by atoms with Gasteiger partial charge >= 0.3 is 0 Å². The zero-order valence-electron chi connectivity index (χ0n) is 15.6. The van der Waals surface area contributed by atoms with Crippen LogP contribution >= 0.6 is 11.6 Å². The Labute approximate surface area is 168 Å². The zero-order valence-corrected chi connectivity index (χ0v) is 16.3. The number of aldehydes is 1. The number of hydrogen-bond donors (Lipinski definition) is 1. The number of likely N-dealkylation sites (N-methyl/N-ethyl adjacent to an activating group) is 1. The molecule has 1 fully saturated rings. The van der Waals surface area contributed by atoms with E-state index in [-0.39, 0.29) is 19.0 Å². The quantitative estimate of drug-likeness (QED) is 0.707. The Kier molecular flexibility index (Phi) is 7.12. The van der Waals surface area contributed by atoms with Gasteiger partial charge in [0.2, 0.25) is 11.8 Å². The number of likely N-dealkylation sites (tertiary alicyclic amines) is 1. The van der Waals surface area contributed by atoms with Crippen LogP contribution in [0.5, 0.6) is 0 Å². The fraction of sp³-hybridized carbons (Fsp3) is 0.421. The van der Waals surface area contributed by atoms with E-state index in [1.54, 1.807) is 24.3 Å². The van der Waals surface area contributed by atoms with Gasteiger partial charge in [-0.1, -0.05) is 11.6 Å². The first kappa shape index (κ1) is 21.4. The number of carbonyl (C=O) groups is 4. The van der Waals surface area contributed by atoms with E-state index in [4.69, 9.17) is 16.9 Å². The summed E-state index contributed by atoms with van der Waals surface area (Å²) in [6, 6.07) is 6.71. The number of halogens is 1. The van der Waals surface area contributed by atoms with Crippen molar-refractivity contribution in [1.82, 2.24) is 15.1 Å². The van der Waals surface area contributed by atoms with E-state index < -0.39 is 29.8 Å². The average molecular weight is 405 g/mol. The second-order valence-corrected chi connectivity index (χ2v) is 7.16. The van der Waals surface area contributed by atoms with Crippen LogP contribution in [0.3, 0.4) is 0 Å². The highest BCUT2D eigenvalue weighted by Crippen LogP contribution is 2.21. The van der Waals surface area contributed by atoms with E-state index in [0.29, 0.717) is 17.0 Å². The molecule has 3 amide bonds. The molecular weight excluding hydrogens is 384 g/mol. The third-order valence-electron chi connectivity index (χ3n) is 4.57. The van der Waals surface area contributed by atoms with Crippen LogP contribution in [0.1, 0.15) is 23.7 Å². The summed E-state index contributed by atoms with van der Waals surface area (Å²) in [5.74, 6) is -1.67. The first-order valence-corrected chi connectivity index (χ1v) is 9.10. The lowest BCUT2D eigenvalue weighted by atomic mass is 10.1. The molecule has 8 nitrogen and oxygen atoms in total. The number of nitrogens with zero attached hydrogens (tertiary/aromatic N) is 3. The first-order chi connectivity index (χ1) is 13.3. The van der Waals surface area contributed by atoms with Crippen LogP contribution in [0.25, 0.3) is 0 Å². The minimum atomic E-state index is -0.853. The van der Waals surface area contributed by atoms with Gasteiger partial charge in [-0.3, -0.25) is 14.4 Å². The third-order valence-corrected chi connectivity index (χ3v) is 4.82. The minimum Gasteiger partial charge on any atom is -0.341 e. The van der Waals surface area contributed by atoms with E-state index >= 15 is 0 Å². The van der Waals surface area contributed by atoms with Crippen LogP contribution in [0.2, 0.25) is 5.02 Å². The minimum absolute atomic E-state index is 0.172. The van der Waals surface area contributed by atoms with Crippen LogP contribution in [0.15, 0.2) is 24.3 Å². The molecule has 0 bridgehead atoms.